The van der Waals surface area contributed by atoms with E-state index in [0.29, 0.717) is 20.9 Å². The minimum atomic E-state index is -3.91. The van der Waals surface area contributed by atoms with Crippen molar-refractivity contribution in [1.29, 1.82) is 0 Å². The number of carbonyl (C=O) groups excluding carboxylic acids is 1. The van der Waals surface area contributed by atoms with Gasteiger partial charge in [0.15, 0.2) is 0 Å². The van der Waals surface area contributed by atoms with E-state index in [9.17, 15) is 18.3 Å². The molecule has 0 saturated carbocycles. The quantitative estimate of drug-likeness (QED) is 0.528. The molecule has 0 bridgehead atoms. The first-order chi connectivity index (χ1) is 14.4. The third-order valence-corrected chi connectivity index (χ3v) is 6.77. The van der Waals surface area contributed by atoms with Crippen LogP contribution in [0, 0.1) is 6.92 Å². The number of alkyl carbamates (subject to hydrolysis) is 1. The maximum atomic E-state index is 13.4. The van der Waals surface area contributed by atoms with Crippen molar-refractivity contribution in [3.05, 3.63) is 64.3 Å². The Morgan fingerprint density at radius 2 is 1.84 bits per heavy atom. The average molecular weight is 509 g/mol. The second-order valence-corrected chi connectivity index (χ2v) is 11.0. The van der Waals surface area contributed by atoms with E-state index in [0.717, 1.165) is 5.56 Å². The van der Waals surface area contributed by atoms with Crippen LogP contribution in [0.3, 0.4) is 0 Å². The molecular formula is C22H25BrN2O5S. The summed E-state index contributed by atoms with van der Waals surface area (Å²) in [4.78, 5) is 12.4. The van der Waals surface area contributed by atoms with Gasteiger partial charge in [-0.25, -0.2) is 17.2 Å². The molecule has 0 spiro atoms. The Morgan fingerprint density at radius 1 is 1.19 bits per heavy atom. The molecule has 3 rings (SSSR count). The molecule has 1 amide bonds. The largest absolute Gasteiger partial charge is 0.444 e. The highest BCUT2D eigenvalue weighted by molar-refractivity contribution is 9.10. The van der Waals surface area contributed by atoms with Crippen LogP contribution in [-0.4, -0.2) is 35.8 Å². The molecule has 1 atom stereocenters. The number of hydrogen-bond acceptors (Lipinski definition) is 5. The summed E-state index contributed by atoms with van der Waals surface area (Å²) in [5, 5.41) is 13.2. The third kappa shape index (κ3) is 5.11. The van der Waals surface area contributed by atoms with Gasteiger partial charge in [0, 0.05) is 21.6 Å². The van der Waals surface area contributed by atoms with Crippen molar-refractivity contribution < 1.29 is 23.1 Å². The van der Waals surface area contributed by atoms with Gasteiger partial charge in [0.25, 0.3) is 10.0 Å². The van der Waals surface area contributed by atoms with Gasteiger partial charge < -0.3 is 15.2 Å². The molecule has 3 aromatic rings. The van der Waals surface area contributed by atoms with Crippen LogP contribution in [0.1, 0.15) is 37.9 Å². The monoisotopic (exact) mass is 508 g/mol. The lowest BCUT2D eigenvalue weighted by Crippen LogP contribution is -2.36. The number of aliphatic hydroxyl groups excluding tert-OH is 1. The van der Waals surface area contributed by atoms with Crippen molar-refractivity contribution in [2.24, 2.45) is 0 Å². The van der Waals surface area contributed by atoms with Gasteiger partial charge in [0.1, 0.15) is 5.60 Å². The first-order valence-electron chi connectivity index (χ1n) is 9.65. The highest BCUT2D eigenvalue weighted by Crippen LogP contribution is 2.32. The Kier molecular flexibility index (Phi) is 6.50. The Morgan fingerprint density at radius 3 is 2.42 bits per heavy atom. The van der Waals surface area contributed by atoms with Gasteiger partial charge >= 0.3 is 6.09 Å². The number of hydrogen-bond donors (Lipinski definition) is 2. The van der Waals surface area contributed by atoms with Gasteiger partial charge in [0.05, 0.1) is 23.1 Å². The number of benzene rings is 2. The lowest BCUT2D eigenvalue weighted by molar-refractivity contribution is 0.0482. The van der Waals surface area contributed by atoms with Crippen LogP contribution in [0.4, 0.5) is 4.79 Å². The molecule has 0 aliphatic rings. The van der Waals surface area contributed by atoms with E-state index in [1.165, 1.54) is 10.2 Å². The molecule has 2 aromatic carbocycles. The first-order valence-corrected chi connectivity index (χ1v) is 11.9. The molecule has 2 N–H and O–H groups in total. The van der Waals surface area contributed by atoms with Crippen LogP contribution >= 0.6 is 15.9 Å². The summed E-state index contributed by atoms with van der Waals surface area (Å²) in [6.07, 6.45) is 0.732. The summed E-state index contributed by atoms with van der Waals surface area (Å²) >= 11 is 3.39. The number of aromatic nitrogens is 1. The first kappa shape index (κ1) is 23.3. The Hall–Kier alpha value is -2.36. The number of ether oxygens (including phenoxy) is 1. The molecule has 0 unspecified atom stereocenters. The average Bonchev–Trinajstić information content (AvgIpc) is 3.04. The van der Waals surface area contributed by atoms with Crippen molar-refractivity contribution in [3.8, 4) is 0 Å². The molecule has 9 heteroatoms. The molecule has 1 heterocycles. The molecule has 166 valence electrons. The van der Waals surface area contributed by atoms with Crippen LogP contribution < -0.4 is 5.32 Å². The summed E-state index contributed by atoms with van der Waals surface area (Å²) in [6, 6.07) is 10.9. The van der Waals surface area contributed by atoms with Gasteiger partial charge in [0.2, 0.25) is 0 Å². The number of aliphatic hydroxyl groups is 1. The second kappa shape index (κ2) is 8.64. The number of rotatable bonds is 5. The van der Waals surface area contributed by atoms with Crippen LogP contribution in [-0.2, 0) is 14.8 Å². The molecule has 7 nitrogen and oxygen atoms in total. The lowest BCUT2D eigenvalue weighted by atomic mass is 10.1. The number of carbonyl (C=O) groups is 1. The fourth-order valence-electron chi connectivity index (χ4n) is 3.17. The van der Waals surface area contributed by atoms with E-state index >= 15 is 0 Å². The van der Waals surface area contributed by atoms with Gasteiger partial charge in [-0.3, -0.25) is 0 Å². The molecule has 0 aliphatic carbocycles. The number of halogens is 1. The van der Waals surface area contributed by atoms with Crippen molar-refractivity contribution in [3.63, 3.8) is 0 Å². The van der Waals surface area contributed by atoms with E-state index in [1.54, 1.807) is 63.2 Å². The zero-order valence-corrected chi connectivity index (χ0v) is 20.1. The lowest BCUT2D eigenvalue weighted by Gasteiger charge is -2.22. The predicted molar refractivity (Wildman–Crippen MR) is 123 cm³/mol. The fraction of sp³-hybridized carbons (Fsp3) is 0.318. The molecule has 0 saturated heterocycles. The number of amides is 1. The normalized spacial score (nSPS) is 13.2. The summed E-state index contributed by atoms with van der Waals surface area (Å²) in [5.74, 6) is 0. The van der Waals surface area contributed by atoms with Crippen LogP contribution in [0.25, 0.3) is 10.9 Å². The van der Waals surface area contributed by atoms with Crippen LogP contribution in [0.5, 0.6) is 0 Å². The van der Waals surface area contributed by atoms with Gasteiger partial charge in [-0.05, 0) is 52.0 Å². The zero-order chi connectivity index (χ0) is 23.0. The molecule has 0 aliphatic heterocycles. The summed E-state index contributed by atoms with van der Waals surface area (Å²) < 4.78 is 33.9. The smallest absolute Gasteiger partial charge is 0.408 e. The number of aryl methyl sites for hydroxylation is 1. The topological polar surface area (TPSA) is 97.6 Å². The van der Waals surface area contributed by atoms with Crippen molar-refractivity contribution in [2.75, 3.05) is 6.61 Å². The van der Waals surface area contributed by atoms with E-state index < -0.39 is 34.4 Å². The standard InChI is InChI=1S/C22H25BrN2O5S/c1-14-5-8-16(9-6-14)31(28,29)25-12-18(17-10-7-15(23)11-20(17)25)19(13-26)24-21(27)30-22(2,3)4/h5-12,19,26H,13H2,1-4H3,(H,24,27)/t19-/m1/s1. The predicted octanol–water partition coefficient (Wildman–Crippen LogP) is 4.51. The molecule has 0 radical (unpaired) electrons. The molecular weight excluding hydrogens is 484 g/mol. The van der Waals surface area contributed by atoms with E-state index in [1.807, 2.05) is 6.92 Å². The van der Waals surface area contributed by atoms with Gasteiger partial charge in [-0.1, -0.05) is 39.7 Å². The Bertz CT molecular complexity index is 1210. The summed E-state index contributed by atoms with van der Waals surface area (Å²) in [6.45, 7) is 6.65. The number of nitrogens with one attached hydrogen (secondary N) is 1. The molecule has 0 fully saturated rings. The summed E-state index contributed by atoms with van der Waals surface area (Å²) in [5.41, 5.74) is 1.13. The maximum Gasteiger partial charge on any atom is 0.408 e. The Balaban J connectivity index is 2.12. The van der Waals surface area contributed by atoms with Gasteiger partial charge in [-0.15, -0.1) is 0 Å². The van der Waals surface area contributed by atoms with E-state index in [2.05, 4.69) is 21.2 Å². The van der Waals surface area contributed by atoms with E-state index in [-0.39, 0.29) is 4.90 Å². The third-order valence-electron chi connectivity index (χ3n) is 4.59. The zero-order valence-electron chi connectivity index (χ0n) is 17.7. The fourth-order valence-corrected chi connectivity index (χ4v) is 4.89. The van der Waals surface area contributed by atoms with Crippen molar-refractivity contribution in [2.45, 2.75) is 44.2 Å². The minimum absolute atomic E-state index is 0.141. The van der Waals surface area contributed by atoms with Gasteiger partial charge in [-0.2, -0.15) is 0 Å². The van der Waals surface area contributed by atoms with Crippen molar-refractivity contribution in [1.82, 2.24) is 9.29 Å². The SMILES string of the molecule is Cc1ccc(S(=O)(=O)n2cc([C@@H](CO)NC(=O)OC(C)(C)C)c3ccc(Br)cc32)cc1. The molecule has 31 heavy (non-hydrogen) atoms. The molecule has 1 aromatic heterocycles. The minimum Gasteiger partial charge on any atom is -0.444 e. The van der Waals surface area contributed by atoms with Crippen molar-refractivity contribution >= 4 is 42.9 Å². The second-order valence-electron chi connectivity index (χ2n) is 8.24. The Labute approximate surface area is 190 Å². The van der Waals surface area contributed by atoms with Crippen LogP contribution in [0.15, 0.2) is 58.0 Å². The maximum absolute atomic E-state index is 13.4. The number of nitrogens with zero attached hydrogens (tertiary/aromatic N) is 1. The summed E-state index contributed by atoms with van der Waals surface area (Å²) in [7, 11) is -3.91. The van der Waals surface area contributed by atoms with E-state index in [4.69, 9.17) is 4.74 Å². The van der Waals surface area contributed by atoms with Crippen LogP contribution in [0.2, 0.25) is 0 Å². The highest BCUT2D eigenvalue weighted by Gasteiger charge is 2.27. The highest BCUT2D eigenvalue weighted by atomic mass is 79.9. The number of fused-ring (bicyclic) bond motifs is 1.